The van der Waals surface area contributed by atoms with Gasteiger partial charge in [0.05, 0.1) is 7.11 Å². The summed E-state index contributed by atoms with van der Waals surface area (Å²) in [6, 6.07) is 3.65. The molecule has 4 aliphatic rings. The summed E-state index contributed by atoms with van der Waals surface area (Å²) in [4.78, 5) is 17.0. The number of carbonyl (C=O) groups is 1. The fourth-order valence-corrected chi connectivity index (χ4v) is 5.70. The van der Waals surface area contributed by atoms with Crippen molar-refractivity contribution in [2.75, 3.05) is 7.11 Å². The average Bonchev–Trinajstić information content (AvgIpc) is 2.45. The van der Waals surface area contributed by atoms with Gasteiger partial charge in [0.15, 0.2) is 5.78 Å². The summed E-state index contributed by atoms with van der Waals surface area (Å²) in [5.41, 5.74) is 0.796. The van der Waals surface area contributed by atoms with E-state index in [9.17, 15) is 4.79 Å². The molecule has 0 unspecified atom stereocenters. The van der Waals surface area contributed by atoms with Crippen molar-refractivity contribution in [3.8, 4) is 5.75 Å². The summed E-state index contributed by atoms with van der Waals surface area (Å²) in [5.74, 6) is 3.45. The standard InChI is InChI=1S/C18H23NO2/c1-21-16-3-2-4-19-17(16)15(20)11-18-8-12-5-13(9-18)7-14(6-12)10-18/h2-4,12-14H,5-11H2,1H3. The second-order valence-corrected chi connectivity index (χ2v) is 7.57. The zero-order valence-corrected chi connectivity index (χ0v) is 12.7. The molecule has 4 bridgehead atoms. The van der Waals surface area contributed by atoms with Crippen molar-refractivity contribution in [3.05, 3.63) is 24.0 Å². The SMILES string of the molecule is COc1cccnc1C(=O)CC12CC3CC(CC(C3)C1)C2. The lowest BCUT2D eigenvalue weighted by Crippen LogP contribution is -2.46. The van der Waals surface area contributed by atoms with Gasteiger partial charge in [0, 0.05) is 12.6 Å². The lowest BCUT2D eigenvalue weighted by Gasteiger charge is -2.56. The molecule has 0 amide bonds. The normalized spacial score (nSPS) is 36.7. The first-order chi connectivity index (χ1) is 10.2. The average molecular weight is 285 g/mol. The number of ether oxygens (including phenoxy) is 1. The minimum absolute atomic E-state index is 0.175. The van der Waals surface area contributed by atoms with Gasteiger partial charge in [-0.25, -0.2) is 4.98 Å². The first-order valence-electron chi connectivity index (χ1n) is 8.20. The van der Waals surface area contributed by atoms with Crippen LogP contribution in [0.3, 0.4) is 0 Å². The zero-order chi connectivity index (χ0) is 14.4. The number of aromatic nitrogens is 1. The first kappa shape index (κ1) is 13.3. The second-order valence-electron chi connectivity index (χ2n) is 7.57. The highest BCUT2D eigenvalue weighted by Crippen LogP contribution is 2.61. The number of carbonyl (C=O) groups excluding carboxylic acids is 1. The third kappa shape index (κ3) is 2.27. The largest absolute Gasteiger partial charge is 0.494 e. The number of Topliss-reactive ketones (excluding diaryl/α,β-unsaturated/α-hetero) is 1. The number of hydrogen-bond acceptors (Lipinski definition) is 3. The van der Waals surface area contributed by atoms with E-state index in [-0.39, 0.29) is 11.2 Å². The van der Waals surface area contributed by atoms with Crippen molar-refractivity contribution in [1.82, 2.24) is 4.98 Å². The van der Waals surface area contributed by atoms with Crippen molar-refractivity contribution < 1.29 is 9.53 Å². The monoisotopic (exact) mass is 285 g/mol. The maximum Gasteiger partial charge on any atom is 0.185 e. The minimum atomic E-state index is 0.175. The van der Waals surface area contributed by atoms with Gasteiger partial charge in [-0.1, -0.05) is 0 Å². The van der Waals surface area contributed by atoms with E-state index in [1.807, 2.05) is 12.1 Å². The summed E-state index contributed by atoms with van der Waals surface area (Å²) < 4.78 is 5.30. The van der Waals surface area contributed by atoms with Gasteiger partial charge >= 0.3 is 0 Å². The molecule has 3 heteroatoms. The van der Waals surface area contributed by atoms with Gasteiger partial charge in [-0.3, -0.25) is 4.79 Å². The third-order valence-corrected chi connectivity index (χ3v) is 5.96. The number of hydrogen-bond donors (Lipinski definition) is 0. The van der Waals surface area contributed by atoms with Gasteiger partial charge in [-0.05, 0) is 73.8 Å². The summed E-state index contributed by atoms with van der Waals surface area (Å²) in [6.07, 6.45) is 10.4. The third-order valence-electron chi connectivity index (χ3n) is 5.96. The Balaban J connectivity index is 1.57. The van der Waals surface area contributed by atoms with E-state index in [2.05, 4.69) is 4.98 Å². The number of methoxy groups -OCH3 is 1. The molecular formula is C18H23NO2. The topological polar surface area (TPSA) is 39.2 Å². The Morgan fingerprint density at radius 3 is 2.43 bits per heavy atom. The summed E-state index contributed by atoms with van der Waals surface area (Å²) in [5, 5.41) is 0. The van der Waals surface area contributed by atoms with E-state index in [1.165, 1.54) is 38.5 Å². The van der Waals surface area contributed by atoms with E-state index in [4.69, 9.17) is 4.74 Å². The highest BCUT2D eigenvalue weighted by molar-refractivity contribution is 5.97. The molecule has 1 heterocycles. The molecule has 5 rings (SSSR count). The Kier molecular flexibility index (Phi) is 3.05. The molecule has 4 aliphatic carbocycles. The molecule has 0 atom stereocenters. The Bertz CT molecular complexity index is 531. The van der Waals surface area contributed by atoms with Crippen molar-refractivity contribution in [3.63, 3.8) is 0 Å². The Morgan fingerprint density at radius 1 is 1.24 bits per heavy atom. The van der Waals surface area contributed by atoms with Crippen LogP contribution >= 0.6 is 0 Å². The van der Waals surface area contributed by atoms with E-state index < -0.39 is 0 Å². The molecule has 3 nitrogen and oxygen atoms in total. The molecule has 0 N–H and O–H groups in total. The molecule has 0 radical (unpaired) electrons. The van der Waals surface area contributed by atoms with Crippen LogP contribution in [0.2, 0.25) is 0 Å². The van der Waals surface area contributed by atoms with Gasteiger partial charge in [0.1, 0.15) is 11.4 Å². The van der Waals surface area contributed by atoms with Crippen molar-refractivity contribution >= 4 is 5.78 Å². The second kappa shape index (κ2) is 4.82. The number of nitrogens with zero attached hydrogens (tertiary/aromatic N) is 1. The number of rotatable bonds is 4. The number of ketones is 1. The highest BCUT2D eigenvalue weighted by atomic mass is 16.5. The van der Waals surface area contributed by atoms with E-state index >= 15 is 0 Å². The quantitative estimate of drug-likeness (QED) is 0.788. The minimum Gasteiger partial charge on any atom is -0.494 e. The Labute approximate surface area is 126 Å². The van der Waals surface area contributed by atoms with Gasteiger partial charge in [-0.2, -0.15) is 0 Å². The van der Waals surface area contributed by atoms with Crippen LogP contribution in [0.5, 0.6) is 5.75 Å². The van der Waals surface area contributed by atoms with Crippen LogP contribution in [0.15, 0.2) is 18.3 Å². The van der Waals surface area contributed by atoms with Gasteiger partial charge in [0.25, 0.3) is 0 Å². The molecule has 0 spiro atoms. The lowest BCUT2D eigenvalue weighted by atomic mass is 9.48. The fraction of sp³-hybridized carbons (Fsp3) is 0.667. The van der Waals surface area contributed by atoms with Crippen molar-refractivity contribution in [2.45, 2.75) is 44.9 Å². The molecule has 0 aromatic carbocycles. The van der Waals surface area contributed by atoms with Crippen molar-refractivity contribution in [1.29, 1.82) is 0 Å². The highest BCUT2D eigenvalue weighted by Gasteiger charge is 2.51. The van der Waals surface area contributed by atoms with E-state index in [0.29, 0.717) is 17.9 Å². The summed E-state index contributed by atoms with van der Waals surface area (Å²) >= 11 is 0. The van der Waals surface area contributed by atoms with Crippen LogP contribution in [-0.4, -0.2) is 17.9 Å². The maximum atomic E-state index is 12.8. The smallest absolute Gasteiger partial charge is 0.185 e. The molecule has 0 saturated heterocycles. The molecule has 1 aromatic rings. The Hall–Kier alpha value is -1.38. The molecule has 4 saturated carbocycles. The lowest BCUT2D eigenvalue weighted by molar-refractivity contribution is -0.0524. The van der Waals surface area contributed by atoms with Gasteiger partial charge < -0.3 is 4.74 Å². The van der Waals surface area contributed by atoms with E-state index in [0.717, 1.165) is 17.8 Å². The van der Waals surface area contributed by atoms with Crippen molar-refractivity contribution in [2.24, 2.45) is 23.2 Å². The van der Waals surface area contributed by atoms with Crippen LogP contribution in [0, 0.1) is 23.2 Å². The van der Waals surface area contributed by atoms with Crippen LogP contribution < -0.4 is 4.74 Å². The molecule has 4 fully saturated rings. The molecule has 0 aliphatic heterocycles. The molecule has 1 aromatic heterocycles. The number of pyridine rings is 1. The Morgan fingerprint density at radius 2 is 1.86 bits per heavy atom. The van der Waals surface area contributed by atoms with Gasteiger partial charge in [-0.15, -0.1) is 0 Å². The molecule has 21 heavy (non-hydrogen) atoms. The van der Waals surface area contributed by atoms with Crippen LogP contribution in [0.25, 0.3) is 0 Å². The van der Waals surface area contributed by atoms with Crippen LogP contribution in [0.1, 0.15) is 55.4 Å². The first-order valence-corrected chi connectivity index (χ1v) is 8.20. The summed E-state index contributed by atoms with van der Waals surface area (Å²) in [7, 11) is 1.61. The van der Waals surface area contributed by atoms with E-state index in [1.54, 1.807) is 13.3 Å². The van der Waals surface area contributed by atoms with Crippen LogP contribution in [0.4, 0.5) is 0 Å². The molecular weight excluding hydrogens is 262 g/mol. The summed E-state index contributed by atoms with van der Waals surface area (Å²) in [6.45, 7) is 0. The van der Waals surface area contributed by atoms with Gasteiger partial charge in [0.2, 0.25) is 0 Å². The predicted molar refractivity (Wildman–Crippen MR) is 80.3 cm³/mol. The predicted octanol–water partition coefficient (Wildman–Crippen LogP) is 3.88. The maximum absolute atomic E-state index is 12.8. The fourth-order valence-electron chi connectivity index (χ4n) is 5.70. The molecule has 112 valence electrons. The zero-order valence-electron chi connectivity index (χ0n) is 12.7. The van der Waals surface area contributed by atoms with Crippen LogP contribution in [-0.2, 0) is 0 Å².